The topological polar surface area (TPSA) is 131 Å². The predicted molar refractivity (Wildman–Crippen MR) is 232 cm³/mol. The largest absolute Gasteiger partial charge is 0.464 e. The lowest BCUT2D eigenvalue weighted by Gasteiger charge is -2.35. The van der Waals surface area contributed by atoms with E-state index >= 15 is 0 Å². The third kappa shape index (κ3) is 8.11. The van der Waals surface area contributed by atoms with E-state index in [-0.39, 0.29) is 42.8 Å². The monoisotopic (exact) mass is 831 g/mol. The maximum Gasteiger partial charge on any atom is 0.324 e. The number of esters is 1. The van der Waals surface area contributed by atoms with Gasteiger partial charge in [0, 0.05) is 84.1 Å². The van der Waals surface area contributed by atoms with Gasteiger partial charge in [-0.15, -0.1) is 11.3 Å². The molecule has 60 heavy (non-hydrogen) atoms. The molecule has 6 bridgehead atoms. The van der Waals surface area contributed by atoms with E-state index in [1.54, 1.807) is 7.11 Å². The van der Waals surface area contributed by atoms with Gasteiger partial charge in [0.25, 0.3) is 5.91 Å². The molecule has 2 saturated heterocycles. The van der Waals surface area contributed by atoms with Gasteiger partial charge >= 0.3 is 5.97 Å². The molecule has 1 unspecified atom stereocenters. The van der Waals surface area contributed by atoms with Crippen molar-refractivity contribution in [1.29, 1.82) is 0 Å². The lowest BCUT2D eigenvalue weighted by Crippen LogP contribution is -2.60. The number of ether oxygens (including phenoxy) is 2. The SMILES string of the molecule is CO[C@@H](C)c1ncc(C#CC2CCN(C)C2)cc1-c1c2c3cc(cc4c3n1CCC4)-c1csc(n1)C[C@H](NC(=O)[C@H]1C[C@@H]1C)C(=O)N1CCC[C@H](N1)C(=O)OCC(C)(C)C2. The second kappa shape index (κ2) is 16.3. The van der Waals surface area contributed by atoms with E-state index in [4.69, 9.17) is 19.4 Å². The molecular formula is C47H57N7O5S. The number of carbonyl (C=O) groups is 3. The number of hydrogen-bond acceptors (Lipinski definition) is 10. The summed E-state index contributed by atoms with van der Waals surface area (Å²) in [7, 11) is 3.87. The van der Waals surface area contributed by atoms with Crippen molar-refractivity contribution in [2.75, 3.05) is 40.4 Å². The van der Waals surface area contributed by atoms with E-state index in [9.17, 15) is 14.4 Å². The van der Waals surface area contributed by atoms with Crippen molar-refractivity contribution in [1.82, 2.24) is 35.2 Å². The van der Waals surface area contributed by atoms with Crippen LogP contribution in [0.25, 0.3) is 33.4 Å². The number of pyridine rings is 1. The van der Waals surface area contributed by atoms with Gasteiger partial charge in [0.15, 0.2) is 0 Å². The molecule has 2 N–H and O–H groups in total. The van der Waals surface area contributed by atoms with Crippen LogP contribution < -0.4 is 10.7 Å². The van der Waals surface area contributed by atoms with Gasteiger partial charge < -0.3 is 24.3 Å². The molecule has 1 aromatic carbocycles. The van der Waals surface area contributed by atoms with Gasteiger partial charge in [-0.2, -0.15) is 0 Å². The summed E-state index contributed by atoms with van der Waals surface area (Å²) >= 11 is 1.51. The van der Waals surface area contributed by atoms with Crippen molar-refractivity contribution < 1.29 is 23.9 Å². The third-order valence-electron chi connectivity index (χ3n) is 13.2. The first kappa shape index (κ1) is 40.8. The molecule has 13 heteroatoms. The Labute approximate surface area is 356 Å². The molecular weight excluding hydrogens is 775 g/mol. The Balaban J connectivity index is 1.19. The third-order valence-corrected chi connectivity index (χ3v) is 14.0. The standard InChI is InChI=1S/C47H57N7O5S/c1-27-17-33(27)44(55)50-38-21-40-49-39(25-60-40)32-19-31-9-7-14-53-42(31)34(20-32)36(22-47(3,4)26-59-46(57)37-10-8-15-54(51-37)45(38)56)43(53)35-18-30(23-48-41(35)28(2)58-6)12-11-29-13-16-52(5)24-29/h18-20,23,25,27-29,33,37-38,51H,7-10,13-17,21-22,24,26H2,1-6H3,(H,50,55)/t27-,28-,29?,33-,37-,38-/m0/s1. The minimum atomic E-state index is -0.825. The number of likely N-dealkylation sites (tertiary alicyclic amines) is 1. The van der Waals surface area contributed by atoms with E-state index in [2.05, 4.69) is 83.4 Å². The number of hydrogen-bond donors (Lipinski definition) is 2. The van der Waals surface area contributed by atoms with Crippen LogP contribution in [0.15, 0.2) is 29.8 Å². The molecule has 2 amide bonds. The van der Waals surface area contributed by atoms with Crippen molar-refractivity contribution in [3.63, 3.8) is 0 Å². The lowest BCUT2D eigenvalue weighted by atomic mass is 9.83. The number of aryl methyl sites for hydroxylation is 2. The molecule has 316 valence electrons. The Morgan fingerprint density at radius 1 is 1.15 bits per heavy atom. The Hall–Kier alpha value is -4.61. The predicted octanol–water partition coefficient (Wildman–Crippen LogP) is 6.09. The lowest BCUT2D eigenvalue weighted by molar-refractivity contribution is -0.155. The molecule has 7 heterocycles. The van der Waals surface area contributed by atoms with E-state index < -0.39 is 17.5 Å². The number of hydrazine groups is 1. The Kier molecular flexibility index (Phi) is 11.1. The Morgan fingerprint density at radius 2 is 1.98 bits per heavy atom. The van der Waals surface area contributed by atoms with Crippen LogP contribution in [0.5, 0.6) is 0 Å². The van der Waals surface area contributed by atoms with Crippen LogP contribution in [0, 0.1) is 35.0 Å². The zero-order valence-corrected chi connectivity index (χ0v) is 36.5. The number of fused-ring (bicyclic) bond motifs is 6. The highest BCUT2D eigenvalue weighted by Crippen LogP contribution is 2.45. The number of thiazole rings is 1. The van der Waals surface area contributed by atoms with E-state index in [1.165, 1.54) is 33.0 Å². The Bertz CT molecular complexity index is 2410. The normalized spacial score (nSPS) is 25.9. The highest BCUT2D eigenvalue weighted by atomic mass is 32.1. The van der Waals surface area contributed by atoms with Gasteiger partial charge in [0.05, 0.1) is 40.3 Å². The summed E-state index contributed by atoms with van der Waals surface area (Å²) in [5.41, 5.74) is 12.1. The summed E-state index contributed by atoms with van der Waals surface area (Å²) < 4.78 is 14.6. The summed E-state index contributed by atoms with van der Waals surface area (Å²) in [5.74, 6) is 6.82. The van der Waals surface area contributed by atoms with Gasteiger partial charge in [-0.1, -0.05) is 32.6 Å². The average Bonchev–Trinajstić information content (AvgIpc) is 3.50. The first-order valence-corrected chi connectivity index (χ1v) is 22.6. The summed E-state index contributed by atoms with van der Waals surface area (Å²) in [6.45, 7) is 11.9. The van der Waals surface area contributed by atoms with Crippen molar-refractivity contribution in [3.05, 3.63) is 57.2 Å². The molecule has 6 atom stereocenters. The minimum Gasteiger partial charge on any atom is -0.464 e. The van der Waals surface area contributed by atoms with Crippen LogP contribution in [-0.2, 0) is 49.7 Å². The smallest absolute Gasteiger partial charge is 0.324 e. The molecule has 12 nitrogen and oxygen atoms in total. The second-order valence-corrected chi connectivity index (χ2v) is 19.6. The highest BCUT2D eigenvalue weighted by Gasteiger charge is 2.42. The summed E-state index contributed by atoms with van der Waals surface area (Å²) in [6, 6.07) is 5.25. The summed E-state index contributed by atoms with van der Waals surface area (Å²) in [5, 5.41) is 8.57. The first-order valence-electron chi connectivity index (χ1n) is 21.8. The fourth-order valence-electron chi connectivity index (χ4n) is 9.61. The Morgan fingerprint density at radius 3 is 2.75 bits per heavy atom. The molecule has 0 radical (unpaired) electrons. The number of carbonyl (C=O) groups excluding carboxylic acids is 3. The van der Waals surface area contributed by atoms with Crippen LogP contribution in [-0.4, -0.2) is 94.7 Å². The van der Waals surface area contributed by atoms with Crippen molar-refractivity contribution in [2.24, 2.45) is 23.2 Å². The molecule has 0 spiro atoms. The van der Waals surface area contributed by atoms with Crippen molar-refractivity contribution in [3.8, 4) is 34.4 Å². The quantitative estimate of drug-likeness (QED) is 0.181. The van der Waals surface area contributed by atoms with Crippen LogP contribution in [0.1, 0.15) is 93.3 Å². The second-order valence-electron chi connectivity index (χ2n) is 18.6. The van der Waals surface area contributed by atoms with Crippen LogP contribution in [0.4, 0.5) is 0 Å². The van der Waals surface area contributed by atoms with Crippen LogP contribution >= 0.6 is 11.3 Å². The number of methoxy groups -OCH3 is 1. The van der Waals surface area contributed by atoms with Gasteiger partial charge in [0.1, 0.15) is 12.1 Å². The molecule has 5 aliphatic rings. The molecule has 4 aliphatic heterocycles. The van der Waals surface area contributed by atoms with Crippen molar-refractivity contribution >= 4 is 40.0 Å². The fraction of sp³-hybridized carbons (Fsp3) is 0.553. The van der Waals surface area contributed by atoms with E-state index in [0.717, 1.165) is 89.5 Å². The van der Waals surface area contributed by atoms with E-state index in [0.29, 0.717) is 37.6 Å². The van der Waals surface area contributed by atoms with Gasteiger partial charge in [-0.05, 0) is 101 Å². The maximum atomic E-state index is 14.2. The number of rotatable bonds is 5. The summed E-state index contributed by atoms with van der Waals surface area (Å²) in [4.78, 5) is 53.9. The fourth-order valence-corrected chi connectivity index (χ4v) is 10.5. The van der Waals surface area contributed by atoms with Gasteiger partial charge in [-0.3, -0.25) is 24.4 Å². The van der Waals surface area contributed by atoms with Crippen LogP contribution in [0.3, 0.4) is 0 Å². The first-order chi connectivity index (χ1) is 28.9. The molecule has 3 aromatic heterocycles. The maximum absolute atomic E-state index is 14.2. The van der Waals surface area contributed by atoms with E-state index in [1.807, 2.05) is 13.1 Å². The number of benzene rings is 1. The number of cyclic esters (lactones) is 1. The van der Waals surface area contributed by atoms with Crippen LogP contribution in [0.2, 0.25) is 0 Å². The zero-order valence-electron chi connectivity index (χ0n) is 35.7. The number of amides is 2. The minimum absolute atomic E-state index is 0.0904. The zero-order chi connectivity index (χ0) is 41.9. The molecule has 1 saturated carbocycles. The molecule has 9 rings (SSSR count). The molecule has 3 fully saturated rings. The molecule has 1 aliphatic carbocycles. The number of nitrogens with zero attached hydrogens (tertiary/aromatic N) is 5. The van der Waals surface area contributed by atoms with Gasteiger partial charge in [0.2, 0.25) is 5.91 Å². The molecule has 4 aromatic rings. The summed E-state index contributed by atoms with van der Waals surface area (Å²) in [6.07, 6.45) is 7.46. The van der Waals surface area contributed by atoms with Gasteiger partial charge in [-0.25, -0.2) is 10.4 Å². The number of nitrogens with one attached hydrogen (secondary N) is 2. The number of aromatic nitrogens is 3. The average molecular weight is 832 g/mol. The van der Waals surface area contributed by atoms with Crippen molar-refractivity contribution in [2.45, 2.75) is 104 Å². The highest BCUT2D eigenvalue weighted by molar-refractivity contribution is 7.10.